The van der Waals surface area contributed by atoms with Crippen LogP contribution in [0.2, 0.25) is 0 Å². The Morgan fingerprint density at radius 1 is 1.13 bits per heavy atom. The highest BCUT2D eigenvalue weighted by atomic mass is 32.1. The van der Waals surface area contributed by atoms with Crippen molar-refractivity contribution in [3.63, 3.8) is 0 Å². The van der Waals surface area contributed by atoms with Crippen LogP contribution in [0.25, 0.3) is 0 Å². The number of thiophene rings is 1. The van der Waals surface area contributed by atoms with E-state index in [1.165, 1.54) is 22.7 Å². The maximum Gasteiger partial charge on any atom is 0.258 e. The number of anilines is 1. The van der Waals surface area contributed by atoms with Crippen molar-refractivity contribution in [3.05, 3.63) is 87.1 Å². The molecule has 0 saturated heterocycles. The van der Waals surface area contributed by atoms with Gasteiger partial charge in [-0.1, -0.05) is 23.5 Å². The zero-order chi connectivity index (χ0) is 21.2. The van der Waals surface area contributed by atoms with Gasteiger partial charge in [-0.2, -0.15) is 11.3 Å². The Morgan fingerprint density at radius 3 is 2.74 bits per heavy atom. The van der Waals surface area contributed by atoms with E-state index in [4.69, 9.17) is 0 Å². The van der Waals surface area contributed by atoms with Crippen LogP contribution < -0.4 is 5.32 Å². The number of nitrogens with zero attached hydrogens (tertiary/aromatic N) is 4. The van der Waals surface area contributed by atoms with Crippen LogP contribution in [0.4, 0.5) is 5.13 Å². The minimum absolute atomic E-state index is 0.0112. The topological polar surface area (TPSA) is 80.1 Å². The molecule has 2 amide bonds. The molecule has 0 saturated carbocycles. The summed E-state index contributed by atoms with van der Waals surface area (Å²) in [6.07, 6.45) is 6.12. The van der Waals surface area contributed by atoms with Crippen LogP contribution in [-0.2, 0) is 19.5 Å². The molecule has 0 fully saturated rings. The van der Waals surface area contributed by atoms with E-state index in [1.54, 1.807) is 18.6 Å². The third-order valence-electron chi connectivity index (χ3n) is 5.15. The average molecular weight is 450 g/mol. The van der Waals surface area contributed by atoms with Crippen LogP contribution in [0.1, 0.15) is 36.9 Å². The van der Waals surface area contributed by atoms with E-state index in [-0.39, 0.29) is 11.8 Å². The van der Waals surface area contributed by atoms with Crippen LogP contribution in [-0.4, -0.2) is 37.8 Å². The van der Waals surface area contributed by atoms with Gasteiger partial charge < -0.3 is 9.47 Å². The van der Waals surface area contributed by atoms with E-state index in [0.717, 1.165) is 22.7 Å². The fourth-order valence-electron chi connectivity index (χ4n) is 3.51. The minimum atomic E-state index is -0.156. The molecular weight excluding hydrogens is 430 g/mol. The SMILES string of the molecule is O=C(Nc1nc2c(s1)CN(C(=O)c1ccc(Cn3ccnc3)cc1)CC2)c1ccsc1. The lowest BCUT2D eigenvalue weighted by Gasteiger charge is -2.26. The second-order valence-electron chi connectivity index (χ2n) is 7.26. The summed E-state index contributed by atoms with van der Waals surface area (Å²) in [5.41, 5.74) is 3.38. The molecule has 0 radical (unpaired) electrons. The summed E-state index contributed by atoms with van der Waals surface area (Å²) in [5.74, 6) is -0.145. The number of amides is 2. The molecule has 7 nitrogen and oxygen atoms in total. The second-order valence-corrected chi connectivity index (χ2v) is 9.13. The fraction of sp³-hybridized carbons (Fsp3) is 0.182. The molecule has 1 aliphatic rings. The first-order valence-corrected chi connectivity index (χ1v) is 11.6. The average Bonchev–Trinajstić information content (AvgIpc) is 3.55. The molecule has 0 spiro atoms. The fourth-order valence-corrected chi connectivity index (χ4v) is 5.17. The third kappa shape index (κ3) is 4.28. The van der Waals surface area contributed by atoms with E-state index < -0.39 is 0 Å². The monoisotopic (exact) mass is 449 g/mol. The highest BCUT2D eigenvalue weighted by molar-refractivity contribution is 7.16. The Balaban J connectivity index is 1.24. The number of nitrogens with one attached hydrogen (secondary N) is 1. The summed E-state index contributed by atoms with van der Waals surface area (Å²) in [6, 6.07) is 9.50. The standard InChI is InChI=1S/C22H19N5O2S2/c28-20(17-6-10-30-13-17)25-22-24-18-5-8-27(12-19(18)31-22)21(29)16-3-1-15(2-4-16)11-26-9-7-23-14-26/h1-4,6-7,9-10,13-14H,5,8,11-12H2,(H,24,25,28). The number of imidazole rings is 1. The summed E-state index contributed by atoms with van der Waals surface area (Å²) in [5, 5.41) is 7.13. The zero-order valence-corrected chi connectivity index (χ0v) is 18.2. The molecule has 4 heterocycles. The molecule has 1 aromatic carbocycles. The Hall–Kier alpha value is -3.30. The van der Waals surface area contributed by atoms with Gasteiger partial charge in [0, 0.05) is 47.7 Å². The Morgan fingerprint density at radius 2 is 2.00 bits per heavy atom. The van der Waals surface area contributed by atoms with Gasteiger partial charge in [0.25, 0.3) is 11.8 Å². The maximum atomic E-state index is 13.0. The largest absolute Gasteiger partial charge is 0.333 e. The lowest BCUT2D eigenvalue weighted by Crippen LogP contribution is -2.35. The molecule has 5 rings (SSSR count). The smallest absolute Gasteiger partial charge is 0.258 e. The number of benzene rings is 1. The third-order valence-corrected chi connectivity index (χ3v) is 6.83. The van der Waals surface area contributed by atoms with Gasteiger partial charge in [-0.3, -0.25) is 14.9 Å². The Bertz CT molecular complexity index is 1200. The molecule has 0 unspecified atom stereocenters. The van der Waals surface area contributed by atoms with E-state index in [9.17, 15) is 9.59 Å². The molecule has 0 bridgehead atoms. The van der Waals surface area contributed by atoms with E-state index >= 15 is 0 Å². The number of carbonyl (C=O) groups excluding carboxylic acids is 2. The van der Waals surface area contributed by atoms with Gasteiger partial charge in [0.2, 0.25) is 0 Å². The molecule has 0 atom stereocenters. The van der Waals surface area contributed by atoms with Crippen molar-refractivity contribution in [1.29, 1.82) is 0 Å². The molecule has 156 valence electrons. The normalized spacial score (nSPS) is 13.1. The van der Waals surface area contributed by atoms with Crippen LogP contribution in [0.3, 0.4) is 0 Å². The molecule has 0 aliphatic carbocycles. The van der Waals surface area contributed by atoms with Gasteiger partial charge in [0.1, 0.15) is 0 Å². The number of aromatic nitrogens is 3. The van der Waals surface area contributed by atoms with Gasteiger partial charge >= 0.3 is 0 Å². The van der Waals surface area contributed by atoms with Crippen LogP contribution in [0.5, 0.6) is 0 Å². The summed E-state index contributed by atoms with van der Waals surface area (Å²) in [7, 11) is 0. The molecule has 9 heteroatoms. The van der Waals surface area contributed by atoms with Gasteiger partial charge in [-0.25, -0.2) is 9.97 Å². The molecule has 1 N–H and O–H groups in total. The van der Waals surface area contributed by atoms with Crippen molar-refractivity contribution >= 4 is 39.6 Å². The first kappa shape index (κ1) is 19.7. The second kappa shape index (κ2) is 8.44. The van der Waals surface area contributed by atoms with Crippen molar-refractivity contribution in [2.24, 2.45) is 0 Å². The molecule has 31 heavy (non-hydrogen) atoms. The number of fused-ring (bicyclic) bond motifs is 1. The van der Waals surface area contributed by atoms with Crippen molar-refractivity contribution in [2.75, 3.05) is 11.9 Å². The lowest BCUT2D eigenvalue weighted by atomic mass is 10.1. The number of thiazole rings is 1. The lowest BCUT2D eigenvalue weighted by molar-refractivity contribution is 0.0736. The van der Waals surface area contributed by atoms with E-state index in [1.807, 2.05) is 50.7 Å². The molecule has 3 aromatic heterocycles. The van der Waals surface area contributed by atoms with Crippen molar-refractivity contribution in [3.8, 4) is 0 Å². The van der Waals surface area contributed by atoms with Crippen molar-refractivity contribution < 1.29 is 9.59 Å². The van der Waals surface area contributed by atoms with Gasteiger partial charge in [0.15, 0.2) is 5.13 Å². The van der Waals surface area contributed by atoms with Gasteiger partial charge in [0.05, 0.1) is 24.1 Å². The summed E-state index contributed by atoms with van der Waals surface area (Å²) >= 11 is 2.92. The van der Waals surface area contributed by atoms with Crippen LogP contribution >= 0.6 is 22.7 Å². The van der Waals surface area contributed by atoms with E-state index in [2.05, 4.69) is 15.3 Å². The summed E-state index contributed by atoms with van der Waals surface area (Å²) in [4.78, 5) is 36.7. The number of rotatable bonds is 5. The molecule has 4 aromatic rings. The number of hydrogen-bond acceptors (Lipinski definition) is 6. The predicted molar refractivity (Wildman–Crippen MR) is 121 cm³/mol. The Kier molecular flexibility index (Phi) is 5.35. The number of carbonyl (C=O) groups is 2. The van der Waals surface area contributed by atoms with Gasteiger partial charge in [-0.05, 0) is 29.1 Å². The highest BCUT2D eigenvalue weighted by Gasteiger charge is 2.25. The summed E-state index contributed by atoms with van der Waals surface area (Å²) < 4.78 is 1.99. The Labute approximate surface area is 187 Å². The first-order chi connectivity index (χ1) is 15.2. The summed E-state index contributed by atoms with van der Waals surface area (Å²) in [6.45, 7) is 1.85. The molecular formula is C22H19N5O2S2. The predicted octanol–water partition coefficient (Wildman–Crippen LogP) is 3.90. The van der Waals surface area contributed by atoms with Crippen molar-refractivity contribution in [2.45, 2.75) is 19.5 Å². The number of hydrogen-bond donors (Lipinski definition) is 1. The molecule has 1 aliphatic heterocycles. The van der Waals surface area contributed by atoms with Crippen LogP contribution in [0, 0.1) is 0 Å². The highest BCUT2D eigenvalue weighted by Crippen LogP contribution is 2.29. The van der Waals surface area contributed by atoms with E-state index in [0.29, 0.717) is 35.8 Å². The minimum Gasteiger partial charge on any atom is -0.333 e. The quantitative estimate of drug-likeness (QED) is 0.501. The van der Waals surface area contributed by atoms with Gasteiger partial charge in [-0.15, -0.1) is 0 Å². The maximum absolute atomic E-state index is 13.0. The zero-order valence-electron chi connectivity index (χ0n) is 16.5. The first-order valence-electron chi connectivity index (χ1n) is 9.82. The van der Waals surface area contributed by atoms with Crippen LogP contribution in [0.15, 0.2) is 59.8 Å². The van der Waals surface area contributed by atoms with Crippen molar-refractivity contribution in [1.82, 2.24) is 19.4 Å².